The highest BCUT2D eigenvalue weighted by atomic mass is 16.5. The van der Waals surface area contributed by atoms with Crippen LogP contribution in [0.25, 0.3) is 0 Å². The first-order chi connectivity index (χ1) is 14.6. The number of ether oxygens (including phenoxy) is 2. The van der Waals surface area contributed by atoms with Crippen molar-refractivity contribution in [3.8, 4) is 11.5 Å². The van der Waals surface area contributed by atoms with E-state index in [9.17, 15) is 4.79 Å². The van der Waals surface area contributed by atoms with Crippen LogP contribution in [0.5, 0.6) is 11.5 Å². The van der Waals surface area contributed by atoms with Crippen molar-refractivity contribution in [1.82, 2.24) is 9.80 Å². The van der Waals surface area contributed by atoms with Crippen molar-refractivity contribution in [1.29, 1.82) is 0 Å². The fourth-order valence-corrected chi connectivity index (χ4v) is 5.22. The van der Waals surface area contributed by atoms with Gasteiger partial charge >= 0.3 is 0 Å². The third-order valence-corrected chi connectivity index (χ3v) is 6.84. The van der Waals surface area contributed by atoms with Crippen molar-refractivity contribution in [2.24, 2.45) is 0 Å². The predicted molar refractivity (Wildman–Crippen MR) is 116 cm³/mol. The second kappa shape index (κ2) is 7.51. The summed E-state index contributed by atoms with van der Waals surface area (Å²) in [6.07, 6.45) is 2.76. The van der Waals surface area contributed by atoms with Gasteiger partial charge in [-0.2, -0.15) is 0 Å². The minimum absolute atomic E-state index is 0.160. The van der Waals surface area contributed by atoms with Crippen molar-refractivity contribution in [2.75, 3.05) is 45.4 Å². The number of para-hydroxylation sites is 1. The van der Waals surface area contributed by atoms with Gasteiger partial charge in [0.05, 0.1) is 13.8 Å². The zero-order valence-electron chi connectivity index (χ0n) is 17.7. The van der Waals surface area contributed by atoms with Crippen LogP contribution in [0.3, 0.4) is 0 Å². The van der Waals surface area contributed by atoms with E-state index >= 15 is 0 Å². The molecule has 1 spiro atoms. The van der Waals surface area contributed by atoms with E-state index < -0.39 is 5.54 Å². The SMILES string of the molecule is COc1ccc2c(c1)CC(CN1CCC3(CC1)C(=O)N(C)CN3c1ccccc1)O2. The van der Waals surface area contributed by atoms with Crippen LogP contribution in [0.4, 0.5) is 5.69 Å². The van der Waals surface area contributed by atoms with Gasteiger partial charge < -0.3 is 19.3 Å². The molecule has 0 aliphatic carbocycles. The molecule has 2 saturated heterocycles. The maximum Gasteiger partial charge on any atom is 0.249 e. The summed E-state index contributed by atoms with van der Waals surface area (Å²) in [5, 5.41) is 0. The lowest BCUT2D eigenvalue weighted by Crippen LogP contribution is -2.57. The van der Waals surface area contributed by atoms with E-state index in [4.69, 9.17) is 9.47 Å². The Kier molecular flexibility index (Phi) is 4.82. The number of likely N-dealkylation sites (tertiary alicyclic amines) is 1. The number of nitrogens with zero attached hydrogens (tertiary/aromatic N) is 3. The molecule has 158 valence electrons. The Labute approximate surface area is 178 Å². The molecule has 0 N–H and O–H groups in total. The van der Waals surface area contributed by atoms with E-state index in [0.717, 1.165) is 56.1 Å². The Morgan fingerprint density at radius 2 is 1.90 bits per heavy atom. The first-order valence-electron chi connectivity index (χ1n) is 10.7. The van der Waals surface area contributed by atoms with E-state index in [0.29, 0.717) is 6.67 Å². The molecule has 3 aliphatic rings. The minimum atomic E-state index is -0.417. The quantitative estimate of drug-likeness (QED) is 0.780. The summed E-state index contributed by atoms with van der Waals surface area (Å²) in [7, 11) is 3.61. The first-order valence-corrected chi connectivity index (χ1v) is 10.7. The summed E-state index contributed by atoms with van der Waals surface area (Å²) < 4.78 is 11.5. The van der Waals surface area contributed by atoms with E-state index in [-0.39, 0.29) is 12.0 Å². The number of hydrogen-bond acceptors (Lipinski definition) is 5. The van der Waals surface area contributed by atoms with Gasteiger partial charge in [-0.15, -0.1) is 0 Å². The highest BCUT2D eigenvalue weighted by Crippen LogP contribution is 2.39. The van der Waals surface area contributed by atoms with Gasteiger partial charge in [-0.3, -0.25) is 9.69 Å². The predicted octanol–water partition coefficient (Wildman–Crippen LogP) is 2.77. The molecule has 1 amide bonds. The second-order valence-electron chi connectivity index (χ2n) is 8.66. The monoisotopic (exact) mass is 407 g/mol. The molecule has 6 heteroatoms. The summed E-state index contributed by atoms with van der Waals surface area (Å²) in [5.41, 5.74) is 1.93. The van der Waals surface area contributed by atoms with Crippen LogP contribution in [-0.4, -0.2) is 67.8 Å². The van der Waals surface area contributed by atoms with Crippen molar-refractivity contribution in [2.45, 2.75) is 30.9 Å². The summed E-state index contributed by atoms with van der Waals surface area (Å²) in [5.74, 6) is 2.10. The van der Waals surface area contributed by atoms with Gasteiger partial charge in [0.2, 0.25) is 5.91 Å². The summed E-state index contributed by atoms with van der Waals surface area (Å²) in [6.45, 7) is 3.36. The topological polar surface area (TPSA) is 45.2 Å². The van der Waals surface area contributed by atoms with Crippen LogP contribution < -0.4 is 14.4 Å². The number of amides is 1. The van der Waals surface area contributed by atoms with E-state index in [1.165, 1.54) is 5.56 Å². The number of methoxy groups -OCH3 is 1. The average molecular weight is 408 g/mol. The van der Waals surface area contributed by atoms with Gasteiger partial charge in [0.15, 0.2) is 0 Å². The Hall–Kier alpha value is -2.73. The average Bonchev–Trinajstić information content (AvgIpc) is 3.29. The van der Waals surface area contributed by atoms with Gasteiger partial charge in [0.25, 0.3) is 0 Å². The lowest BCUT2D eigenvalue weighted by Gasteiger charge is -2.43. The van der Waals surface area contributed by atoms with Crippen LogP contribution >= 0.6 is 0 Å². The van der Waals surface area contributed by atoms with Crippen molar-refractivity contribution in [3.05, 3.63) is 54.1 Å². The molecule has 0 saturated carbocycles. The number of fused-ring (bicyclic) bond motifs is 1. The number of benzene rings is 2. The van der Waals surface area contributed by atoms with Gasteiger partial charge in [-0.25, -0.2) is 0 Å². The zero-order chi connectivity index (χ0) is 20.7. The fourth-order valence-electron chi connectivity index (χ4n) is 5.22. The number of hydrogen-bond donors (Lipinski definition) is 0. The Bertz CT molecular complexity index is 925. The van der Waals surface area contributed by atoms with Gasteiger partial charge in [-0.1, -0.05) is 18.2 Å². The number of likely N-dealkylation sites (N-methyl/N-ethyl adjacent to an activating group) is 1. The number of carbonyl (C=O) groups excluding carboxylic acids is 1. The summed E-state index contributed by atoms with van der Waals surface area (Å²) >= 11 is 0. The van der Waals surface area contributed by atoms with E-state index in [1.807, 2.05) is 42.3 Å². The van der Waals surface area contributed by atoms with Crippen molar-refractivity contribution in [3.63, 3.8) is 0 Å². The van der Waals surface area contributed by atoms with Crippen LogP contribution in [-0.2, 0) is 11.2 Å². The fraction of sp³-hybridized carbons (Fsp3) is 0.458. The molecule has 5 rings (SSSR count). The molecule has 30 heavy (non-hydrogen) atoms. The number of rotatable bonds is 4. The molecule has 0 aromatic heterocycles. The van der Waals surface area contributed by atoms with Crippen LogP contribution in [0.1, 0.15) is 18.4 Å². The first kappa shape index (κ1) is 19.2. The van der Waals surface area contributed by atoms with Crippen LogP contribution in [0.15, 0.2) is 48.5 Å². The van der Waals surface area contributed by atoms with Crippen molar-refractivity contribution < 1.29 is 14.3 Å². The molecule has 0 radical (unpaired) electrons. The number of piperidine rings is 1. The molecule has 3 aliphatic heterocycles. The lowest BCUT2D eigenvalue weighted by atomic mass is 9.85. The molecule has 1 atom stereocenters. The van der Waals surface area contributed by atoms with Gasteiger partial charge in [0, 0.05) is 44.4 Å². The maximum atomic E-state index is 13.2. The normalized spacial score (nSPS) is 23.0. The molecular weight excluding hydrogens is 378 g/mol. The largest absolute Gasteiger partial charge is 0.497 e. The molecule has 2 aromatic carbocycles. The number of carbonyl (C=O) groups is 1. The minimum Gasteiger partial charge on any atom is -0.497 e. The third kappa shape index (κ3) is 3.19. The standard InChI is InChI=1S/C24H29N3O3/c1-25-17-27(19-6-4-3-5-7-19)24(23(25)28)10-12-26(13-11-24)16-21-15-18-14-20(29-2)8-9-22(18)30-21/h3-9,14,21H,10-13,15-17H2,1-2H3. The second-order valence-corrected chi connectivity index (χ2v) is 8.66. The number of anilines is 1. The van der Waals surface area contributed by atoms with Crippen molar-refractivity contribution >= 4 is 11.6 Å². The van der Waals surface area contributed by atoms with E-state index in [1.54, 1.807) is 7.11 Å². The van der Waals surface area contributed by atoms with Crippen LogP contribution in [0.2, 0.25) is 0 Å². The van der Waals surface area contributed by atoms with E-state index in [2.05, 4.69) is 28.0 Å². The molecule has 2 aromatic rings. The highest BCUT2D eigenvalue weighted by Gasteiger charge is 2.52. The van der Waals surface area contributed by atoms with Gasteiger partial charge in [0.1, 0.15) is 23.1 Å². The molecule has 1 unspecified atom stereocenters. The molecular formula is C24H29N3O3. The lowest BCUT2D eigenvalue weighted by molar-refractivity contribution is -0.132. The molecule has 3 heterocycles. The Morgan fingerprint density at radius 1 is 1.13 bits per heavy atom. The highest BCUT2D eigenvalue weighted by molar-refractivity contribution is 5.93. The Morgan fingerprint density at radius 3 is 2.63 bits per heavy atom. The maximum absolute atomic E-state index is 13.2. The Balaban J connectivity index is 1.25. The smallest absolute Gasteiger partial charge is 0.249 e. The molecule has 2 fully saturated rings. The molecule has 6 nitrogen and oxygen atoms in total. The summed E-state index contributed by atoms with van der Waals surface area (Å²) in [6, 6.07) is 16.4. The third-order valence-electron chi connectivity index (χ3n) is 6.84. The van der Waals surface area contributed by atoms with Gasteiger partial charge in [-0.05, 0) is 43.2 Å². The van der Waals surface area contributed by atoms with Crippen LogP contribution in [0, 0.1) is 0 Å². The summed E-state index contributed by atoms with van der Waals surface area (Å²) in [4.78, 5) is 19.8. The zero-order valence-corrected chi connectivity index (χ0v) is 17.7. The molecule has 0 bridgehead atoms.